The van der Waals surface area contributed by atoms with Gasteiger partial charge in [-0.1, -0.05) is 23.7 Å². The van der Waals surface area contributed by atoms with Crippen LogP contribution in [0.4, 0.5) is 4.39 Å². The van der Waals surface area contributed by atoms with Gasteiger partial charge in [-0.2, -0.15) is 0 Å². The summed E-state index contributed by atoms with van der Waals surface area (Å²) in [5.41, 5.74) is 5.35. The quantitative estimate of drug-likeness (QED) is 0.556. The Morgan fingerprint density at radius 3 is 2.63 bits per heavy atom. The fourth-order valence-corrected chi connectivity index (χ4v) is 2.60. The van der Waals surface area contributed by atoms with Crippen molar-refractivity contribution in [2.45, 2.75) is 25.9 Å². The number of para-hydroxylation sites is 1. The molecule has 1 unspecified atom stereocenters. The van der Waals surface area contributed by atoms with Gasteiger partial charge in [-0.3, -0.25) is 20.4 Å². The first-order chi connectivity index (χ1) is 14.4. The van der Waals surface area contributed by atoms with Crippen molar-refractivity contribution in [3.8, 4) is 17.1 Å². The highest BCUT2D eigenvalue weighted by molar-refractivity contribution is 6.30. The predicted octanol–water partition coefficient (Wildman–Crippen LogP) is 3.68. The van der Waals surface area contributed by atoms with Crippen molar-refractivity contribution in [1.29, 1.82) is 0 Å². The van der Waals surface area contributed by atoms with Gasteiger partial charge in [-0.15, -0.1) is 0 Å². The molecule has 9 heteroatoms. The van der Waals surface area contributed by atoms with Crippen LogP contribution in [0.5, 0.6) is 5.75 Å². The predicted molar refractivity (Wildman–Crippen MR) is 108 cm³/mol. The van der Waals surface area contributed by atoms with Gasteiger partial charge >= 0.3 is 0 Å². The first kappa shape index (κ1) is 21.3. The van der Waals surface area contributed by atoms with E-state index in [9.17, 15) is 14.0 Å². The Kier molecular flexibility index (Phi) is 7.03. The lowest BCUT2D eigenvalue weighted by Crippen LogP contribution is -2.47. The fraction of sp³-hybridized carbons (Fsp3) is 0.190. The second kappa shape index (κ2) is 9.89. The van der Waals surface area contributed by atoms with Crippen LogP contribution in [0.15, 0.2) is 59.1 Å². The lowest BCUT2D eigenvalue weighted by molar-refractivity contribution is -0.132. The van der Waals surface area contributed by atoms with Crippen molar-refractivity contribution in [2.24, 2.45) is 0 Å². The van der Waals surface area contributed by atoms with Crippen molar-refractivity contribution in [3.63, 3.8) is 0 Å². The Balaban J connectivity index is 1.43. The Labute approximate surface area is 177 Å². The summed E-state index contributed by atoms with van der Waals surface area (Å²) in [5, 5.41) is 0.617. The van der Waals surface area contributed by atoms with Crippen LogP contribution in [-0.4, -0.2) is 22.9 Å². The number of oxazole rings is 1. The van der Waals surface area contributed by atoms with E-state index in [2.05, 4.69) is 15.8 Å². The molecule has 3 aromatic rings. The van der Waals surface area contributed by atoms with Crippen LogP contribution < -0.4 is 15.6 Å². The molecule has 1 atom stereocenters. The molecular weight excluding hydrogens is 413 g/mol. The SMILES string of the molecule is CC(Oc1ccccc1F)C(=O)NNC(=O)CCc1ncc(-c2ccc(Cl)cc2)o1. The van der Waals surface area contributed by atoms with E-state index >= 15 is 0 Å². The van der Waals surface area contributed by atoms with Crippen molar-refractivity contribution in [2.75, 3.05) is 0 Å². The van der Waals surface area contributed by atoms with Gasteiger partial charge in [0.05, 0.1) is 6.20 Å². The zero-order valence-electron chi connectivity index (χ0n) is 16.0. The van der Waals surface area contributed by atoms with E-state index in [1.54, 1.807) is 36.5 Å². The number of hydrogen-bond acceptors (Lipinski definition) is 5. The van der Waals surface area contributed by atoms with Gasteiger partial charge in [-0.05, 0) is 43.3 Å². The Morgan fingerprint density at radius 2 is 1.90 bits per heavy atom. The molecule has 0 saturated heterocycles. The third kappa shape index (κ3) is 5.81. The van der Waals surface area contributed by atoms with E-state index in [-0.39, 0.29) is 18.6 Å². The summed E-state index contributed by atoms with van der Waals surface area (Å²) in [7, 11) is 0. The van der Waals surface area contributed by atoms with Crippen LogP contribution in [-0.2, 0) is 16.0 Å². The molecule has 3 rings (SSSR count). The Hall–Kier alpha value is -3.39. The van der Waals surface area contributed by atoms with Gasteiger partial charge in [0.1, 0.15) is 0 Å². The summed E-state index contributed by atoms with van der Waals surface area (Å²) in [5.74, 6) is -0.732. The standard InChI is InChI=1S/C21H19ClFN3O4/c1-13(29-17-5-3-2-4-16(17)23)21(28)26-25-19(27)10-11-20-24-12-18(30-20)14-6-8-15(22)9-7-14/h2-9,12-13H,10-11H2,1H3,(H,25,27)(H,26,28). The lowest BCUT2D eigenvalue weighted by atomic mass is 10.2. The number of nitrogens with one attached hydrogen (secondary N) is 2. The molecule has 0 fully saturated rings. The normalized spacial score (nSPS) is 11.6. The highest BCUT2D eigenvalue weighted by Gasteiger charge is 2.17. The number of hydrogen-bond donors (Lipinski definition) is 2. The molecule has 0 aliphatic heterocycles. The van der Waals surface area contributed by atoms with Crippen molar-refractivity contribution >= 4 is 23.4 Å². The number of carbonyl (C=O) groups is 2. The molecule has 0 saturated carbocycles. The Morgan fingerprint density at radius 1 is 1.17 bits per heavy atom. The van der Waals surface area contributed by atoms with Crippen LogP contribution in [0.3, 0.4) is 0 Å². The first-order valence-corrected chi connectivity index (χ1v) is 9.50. The maximum atomic E-state index is 13.6. The summed E-state index contributed by atoms with van der Waals surface area (Å²) in [4.78, 5) is 28.1. The summed E-state index contributed by atoms with van der Waals surface area (Å²) in [6.07, 6.45) is 0.857. The molecular formula is C21H19ClFN3O4. The van der Waals surface area contributed by atoms with Crippen molar-refractivity contribution in [3.05, 3.63) is 71.5 Å². The average Bonchev–Trinajstić information content (AvgIpc) is 3.21. The molecule has 0 aliphatic rings. The highest BCUT2D eigenvalue weighted by atomic mass is 35.5. The summed E-state index contributed by atoms with van der Waals surface area (Å²) in [6, 6.07) is 12.8. The number of aromatic nitrogens is 1. The molecule has 1 aromatic heterocycles. The van der Waals surface area contributed by atoms with Crippen molar-refractivity contribution < 1.29 is 23.1 Å². The third-order valence-electron chi connectivity index (χ3n) is 4.08. The number of carbonyl (C=O) groups excluding carboxylic acids is 2. The number of ether oxygens (including phenoxy) is 1. The number of halogens is 2. The van der Waals surface area contributed by atoms with Crippen LogP contribution in [0.2, 0.25) is 5.02 Å². The van der Waals surface area contributed by atoms with E-state index in [0.717, 1.165) is 5.56 Å². The van der Waals surface area contributed by atoms with E-state index in [4.69, 9.17) is 20.8 Å². The molecule has 2 N–H and O–H groups in total. The van der Waals surface area contributed by atoms with Gasteiger partial charge in [-0.25, -0.2) is 9.37 Å². The second-order valence-corrected chi connectivity index (χ2v) is 6.79. The maximum Gasteiger partial charge on any atom is 0.279 e. The minimum absolute atomic E-state index is 0.0450. The molecule has 30 heavy (non-hydrogen) atoms. The highest BCUT2D eigenvalue weighted by Crippen LogP contribution is 2.22. The molecule has 0 radical (unpaired) electrons. The number of amides is 2. The lowest BCUT2D eigenvalue weighted by Gasteiger charge is -2.15. The maximum absolute atomic E-state index is 13.6. The van der Waals surface area contributed by atoms with Gasteiger partial charge in [0, 0.05) is 23.4 Å². The Bertz CT molecular complexity index is 1020. The fourth-order valence-electron chi connectivity index (χ4n) is 2.47. The molecule has 0 spiro atoms. The first-order valence-electron chi connectivity index (χ1n) is 9.13. The molecule has 0 aliphatic carbocycles. The van der Waals surface area contributed by atoms with E-state index < -0.39 is 23.7 Å². The molecule has 7 nitrogen and oxygen atoms in total. The second-order valence-electron chi connectivity index (χ2n) is 6.35. The smallest absolute Gasteiger partial charge is 0.279 e. The van der Waals surface area contributed by atoms with Crippen LogP contribution in [0.25, 0.3) is 11.3 Å². The van der Waals surface area contributed by atoms with E-state index in [1.807, 2.05) is 0 Å². The minimum atomic E-state index is -1.00. The molecule has 2 amide bonds. The van der Waals surface area contributed by atoms with E-state index in [1.165, 1.54) is 25.1 Å². The van der Waals surface area contributed by atoms with Gasteiger partial charge in [0.15, 0.2) is 29.3 Å². The van der Waals surface area contributed by atoms with E-state index in [0.29, 0.717) is 16.7 Å². The third-order valence-corrected chi connectivity index (χ3v) is 4.33. The number of nitrogens with zero attached hydrogens (tertiary/aromatic N) is 1. The van der Waals surface area contributed by atoms with Crippen molar-refractivity contribution in [1.82, 2.24) is 15.8 Å². The number of aryl methyl sites for hydroxylation is 1. The molecule has 0 bridgehead atoms. The number of hydrazine groups is 1. The molecule has 1 heterocycles. The topological polar surface area (TPSA) is 93.5 Å². The van der Waals surface area contributed by atoms with Gasteiger partial charge in [0.2, 0.25) is 5.91 Å². The average molecular weight is 432 g/mol. The molecule has 156 valence electrons. The summed E-state index contributed by atoms with van der Waals surface area (Å²) < 4.78 is 24.4. The largest absolute Gasteiger partial charge is 0.478 e. The van der Waals surface area contributed by atoms with Crippen LogP contribution in [0.1, 0.15) is 19.2 Å². The monoisotopic (exact) mass is 431 g/mol. The minimum Gasteiger partial charge on any atom is -0.478 e. The summed E-state index contributed by atoms with van der Waals surface area (Å²) >= 11 is 5.86. The molecule has 2 aromatic carbocycles. The zero-order valence-corrected chi connectivity index (χ0v) is 16.8. The van der Waals surface area contributed by atoms with Gasteiger partial charge < -0.3 is 9.15 Å². The number of benzene rings is 2. The van der Waals surface area contributed by atoms with Crippen LogP contribution >= 0.6 is 11.6 Å². The number of rotatable bonds is 7. The van der Waals surface area contributed by atoms with Crippen LogP contribution in [0, 0.1) is 5.82 Å². The van der Waals surface area contributed by atoms with Gasteiger partial charge in [0.25, 0.3) is 5.91 Å². The summed E-state index contributed by atoms with van der Waals surface area (Å²) in [6.45, 7) is 1.44. The zero-order chi connectivity index (χ0) is 21.5.